The van der Waals surface area contributed by atoms with Gasteiger partial charge in [-0.05, 0) is 25.5 Å². The first-order valence-corrected chi connectivity index (χ1v) is 6.08. The number of aromatic nitrogens is 1. The molecule has 0 bridgehead atoms. The van der Waals surface area contributed by atoms with Crippen LogP contribution < -0.4 is 5.73 Å². The van der Waals surface area contributed by atoms with Crippen LogP contribution in [0.5, 0.6) is 0 Å². The third kappa shape index (κ3) is 3.41. The van der Waals surface area contributed by atoms with E-state index < -0.39 is 0 Å². The second-order valence-electron chi connectivity index (χ2n) is 3.66. The minimum atomic E-state index is 0.122. The van der Waals surface area contributed by atoms with Crippen molar-refractivity contribution in [3.05, 3.63) is 23.4 Å². The summed E-state index contributed by atoms with van der Waals surface area (Å²) in [6.45, 7) is 6.19. The standard InChI is InChI=1S/C11H17N3OS/c1-4-8(3)16-10-6-9(11(12)14-15)5-7(2)13-10/h5-6,8,15H,4H2,1-3H3,(H2,12,14). The molecule has 1 heterocycles. The molecule has 0 saturated carbocycles. The Kier molecular flexibility index (Phi) is 4.61. The molecule has 1 unspecified atom stereocenters. The molecule has 0 amide bonds. The highest BCUT2D eigenvalue weighted by Crippen LogP contribution is 2.24. The maximum atomic E-state index is 8.63. The summed E-state index contributed by atoms with van der Waals surface area (Å²) < 4.78 is 0. The van der Waals surface area contributed by atoms with Crippen LogP contribution in [0.25, 0.3) is 0 Å². The zero-order valence-corrected chi connectivity index (χ0v) is 10.6. The Labute approximate surface area is 99.9 Å². The van der Waals surface area contributed by atoms with Crippen molar-refractivity contribution in [2.75, 3.05) is 0 Å². The molecule has 0 radical (unpaired) electrons. The Bertz CT molecular complexity index is 393. The molecule has 3 N–H and O–H groups in total. The predicted octanol–water partition coefficient (Wildman–Crippen LogP) is 2.38. The summed E-state index contributed by atoms with van der Waals surface area (Å²) >= 11 is 1.70. The molecule has 1 rings (SSSR count). The first kappa shape index (κ1) is 12.8. The van der Waals surface area contributed by atoms with Gasteiger partial charge in [0.05, 0.1) is 5.03 Å². The molecule has 0 saturated heterocycles. The Morgan fingerprint density at radius 2 is 2.31 bits per heavy atom. The molecule has 0 fully saturated rings. The maximum Gasteiger partial charge on any atom is 0.170 e. The van der Waals surface area contributed by atoms with E-state index in [0.29, 0.717) is 10.8 Å². The van der Waals surface area contributed by atoms with Crippen LogP contribution in [0.1, 0.15) is 31.5 Å². The fourth-order valence-electron chi connectivity index (χ4n) is 1.19. The lowest BCUT2D eigenvalue weighted by Crippen LogP contribution is -2.14. The Morgan fingerprint density at radius 3 is 2.88 bits per heavy atom. The Hall–Kier alpha value is -1.23. The Morgan fingerprint density at radius 1 is 1.62 bits per heavy atom. The number of nitrogens with two attached hydrogens (primary N) is 1. The Balaban J connectivity index is 2.99. The van der Waals surface area contributed by atoms with Crippen LogP contribution in [0.3, 0.4) is 0 Å². The summed E-state index contributed by atoms with van der Waals surface area (Å²) in [6, 6.07) is 3.65. The first-order chi connectivity index (χ1) is 7.56. The number of amidine groups is 1. The van der Waals surface area contributed by atoms with Crippen LogP contribution in [0.4, 0.5) is 0 Å². The molecule has 5 heteroatoms. The number of aryl methyl sites for hydroxylation is 1. The number of nitrogens with zero attached hydrogens (tertiary/aromatic N) is 2. The van der Waals surface area contributed by atoms with E-state index in [2.05, 4.69) is 24.0 Å². The third-order valence-corrected chi connectivity index (χ3v) is 3.42. The van der Waals surface area contributed by atoms with E-state index in [9.17, 15) is 0 Å². The minimum Gasteiger partial charge on any atom is -0.409 e. The second-order valence-corrected chi connectivity index (χ2v) is 5.12. The number of oxime groups is 1. The molecular formula is C11H17N3OS. The van der Waals surface area contributed by atoms with Crippen LogP contribution >= 0.6 is 11.8 Å². The van der Waals surface area contributed by atoms with Crippen LogP contribution in [0.15, 0.2) is 22.3 Å². The molecule has 0 aromatic carbocycles. The van der Waals surface area contributed by atoms with Gasteiger partial charge in [-0.25, -0.2) is 4.98 Å². The largest absolute Gasteiger partial charge is 0.409 e. The van der Waals surface area contributed by atoms with Gasteiger partial charge in [0.25, 0.3) is 0 Å². The van der Waals surface area contributed by atoms with Crippen molar-refractivity contribution in [3.8, 4) is 0 Å². The fourth-order valence-corrected chi connectivity index (χ4v) is 2.16. The van der Waals surface area contributed by atoms with Crippen LogP contribution in [0.2, 0.25) is 0 Å². The van der Waals surface area contributed by atoms with Gasteiger partial charge in [-0.15, -0.1) is 11.8 Å². The van der Waals surface area contributed by atoms with Gasteiger partial charge in [0.1, 0.15) is 0 Å². The number of rotatable bonds is 4. The van der Waals surface area contributed by atoms with Crippen molar-refractivity contribution < 1.29 is 5.21 Å². The number of hydrogen-bond acceptors (Lipinski definition) is 4. The topological polar surface area (TPSA) is 71.5 Å². The van der Waals surface area contributed by atoms with Crippen LogP contribution in [-0.2, 0) is 0 Å². The highest BCUT2D eigenvalue weighted by molar-refractivity contribution is 7.99. The quantitative estimate of drug-likeness (QED) is 0.278. The van der Waals surface area contributed by atoms with Crippen molar-refractivity contribution in [2.45, 2.75) is 37.5 Å². The molecule has 1 aromatic heterocycles. The van der Waals surface area contributed by atoms with Crippen LogP contribution in [-0.4, -0.2) is 21.3 Å². The van der Waals surface area contributed by atoms with Crippen molar-refractivity contribution in [2.24, 2.45) is 10.9 Å². The molecule has 0 aliphatic carbocycles. The van der Waals surface area contributed by atoms with Gasteiger partial charge >= 0.3 is 0 Å². The molecule has 1 aromatic rings. The van der Waals surface area contributed by atoms with Gasteiger partial charge in [0.2, 0.25) is 0 Å². The van der Waals surface area contributed by atoms with Crippen molar-refractivity contribution >= 4 is 17.6 Å². The van der Waals surface area contributed by atoms with Gasteiger partial charge in [-0.2, -0.15) is 0 Å². The zero-order valence-electron chi connectivity index (χ0n) is 9.77. The van der Waals surface area contributed by atoms with E-state index >= 15 is 0 Å². The molecule has 0 spiro atoms. The molecule has 0 aliphatic rings. The van der Waals surface area contributed by atoms with Crippen molar-refractivity contribution in [1.82, 2.24) is 4.98 Å². The molecule has 1 atom stereocenters. The fraction of sp³-hybridized carbons (Fsp3) is 0.455. The lowest BCUT2D eigenvalue weighted by Gasteiger charge is -2.09. The van der Waals surface area contributed by atoms with E-state index in [1.807, 2.05) is 13.0 Å². The monoisotopic (exact) mass is 239 g/mol. The van der Waals surface area contributed by atoms with Gasteiger partial charge in [-0.1, -0.05) is 19.0 Å². The summed E-state index contributed by atoms with van der Waals surface area (Å²) in [5.74, 6) is 0.122. The average Bonchev–Trinajstić information content (AvgIpc) is 2.27. The molecule has 88 valence electrons. The maximum absolute atomic E-state index is 8.63. The summed E-state index contributed by atoms with van der Waals surface area (Å²) in [6.07, 6.45) is 1.08. The highest BCUT2D eigenvalue weighted by Gasteiger charge is 2.07. The van der Waals surface area contributed by atoms with Gasteiger partial charge in [0, 0.05) is 16.5 Å². The molecule has 16 heavy (non-hydrogen) atoms. The molecule has 4 nitrogen and oxygen atoms in total. The van der Waals surface area contributed by atoms with E-state index in [4.69, 9.17) is 10.9 Å². The molecule has 0 aliphatic heterocycles. The van der Waals surface area contributed by atoms with Crippen molar-refractivity contribution in [1.29, 1.82) is 0 Å². The SMILES string of the molecule is CCC(C)Sc1cc(/C(N)=N/O)cc(C)n1. The van der Waals surface area contributed by atoms with E-state index in [-0.39, 0.29) is 5.84 Å². The van der Waals surface area contributed by atoms with Gasteiger partial charge < -0.3 is 10.9 Å². The smallest absolute Gasteiger partial charge is 0.170 e. The van der Waals surface area contributed by atoms with Gasteiger partial charge in [-0.3, -0.25) is 0 Å². The van der Waals surface area contributed by atoms with E-state index in [1.54, 1.807) is 17.8 Å². The van der Waals surface area contributed by atoms with Crippen LogP contribution in [0, 0.1) is 6.92 Å². The predicted molar refractivity (Wildman–Crippen MR) is 67.1 cm³/mol. The summed E-state index contributed by atoms with van der Waals surface area (Å²) in [4.78, 5) is 4.41. The minimum absolute atomic E-state index is 0.122. The lowest BCUT2D eigenvalue weighted by molar-refractivity contribution is 0.318. The average molecular weight is 239 g/mol. The first-order valence-electron chi connectivity index (χ1n) is 5.20. The number of hydrogen-bond donors (Lipinski definition) is 2. The van der Waals surface area contributed by atoms with Crippen molar-refractivity contribution in [3.63, 3.8) is 0 Å². The second kappa shape index (κ2) is 5.75. The zero-order chi connectivity index (χ0) is 12.1. The number of pyridine rings is 1. The van der Waals surface area contributed by atoms with Gasteiger partial charge in [0.15, 0.2) is 5.84 Å². The molecular weight excluding hydrogens is 222 g/mol. The lowest BCUT2D eigenvalue weighted by atomic mass is 10.2. The summed E-state index contributed by atoms with van der Waals surface area (Å²) in [5, 5.41) is 13.1. The number of thioether (sulfide) groups is 1. The van der Waals surface area contributed by atoms with E-state index in [1.165, 1.54) is 0 Å². The summed E-state index contributed by atoms with van der Waals surface area (Å²) in [5.41, 5.74) is 7.14. The third-order valence-electron chi connectivity index (χ3n) is 2.23. The normalized spacial score (nSPS) is 13.8. The highest BCUT2D eigenvalue weighted by atomic mass is 32.2. The van der Waals surface area contributed by atoms with E-state index in [0.717, 1.165) is 17.1 Å². The summed E-state index contributed by atoms with van der Waals surface area (Å²) in [7, 11) is 0.